The summed E-state index contributed by atoms with van der Waals surface area (Å²) in [7, 11) is 4.22. The Morgan fingerprint density at radius 3 is 2.42 bits per heavy atom. The SMILES string of the molecule is Cc1cc2c(cc1C(CNC(C)C)N(C)C)OCO2. The molecule has 1 heterocycles. The van der Waals surface area contributed by atoms with Crippen molar-refractivity contribution in [3.63, 3.8) is 0 Å². The first kappa shape index (κ1) is 14.2. The summed E-state index contributed by atoms with van der Waals surface area (Å²) >= 11 is 0. The van der Waals surface area contributed by atoms with Crippen molar-refractivity contribution in [2.45, 2.75) is 32.9 Å². The number of aryl methyl sites for hydroxylation is 1. The van der Waals surface area contributed by atoms with E-state index < -0.39 is 0 Å². The number of ether oxygens (including phenoxy) is 2. The summed E-state index contributed by atoms with van der Waals surface area (Å²) < 4.78 is 10.9. The quantitative estimate of drug-likeness (QED) is 0.885. The molecule has 0 saturated heterocycles. The topological polar surface area (TPSA) is 33.7 Å². The molecule has 1 unspecified atom stereocenters. The second-order valence-electron chi connectivity index (χ2n) is 5.60. The Morgan fingerprint density at radius 2 is 1.84 bits per heavy atom. The van der Waals surface area contributed by atoms with Crippen LogP contribution in [0.4, 0.5) is 0 Å². The van der Waals surface area contributed by atoms with E-state index in [4.69, 9.17) is 9.47 Å². The highest BCUT2D eigenvalue weighted by molar-refractivity contribution is 5.49. The number of nitrogens with one attached hydrogen (secondary N) is 1. The van der Waals surface area contributed by atoms with Crippen LogP contribution in [-0.4, -0.2) is 38.4 Å². The lowest BCUT2D eigenvalue weighted by molar-refractivity contribution is 0.174. The highest BCUT2D eigenvalue weighted by Gasteiger charge is 2.22. The lowest BCUT2D eigenvalue weighted by Gasteiger charge is -2.27. The first-order valence-electron chi connectivity index (χ1n) is 6.79. The second kappa shape index (κ2) is 5.80. The molecule has 0 spiro atoms. The molecule has 1 aliphatic rings. The van der Waals surface area contributed by atoms with E-state index in [1.54, 1.807) is 0 Å². The predicted octanol–water partition coefficient (Wildman–Crippen LogP) is 2.32. The molecule has 0 radical (unpaired) electrons. The molecule has 2 rings (SSSR count). The molecular weight excluding hydrogens is 240 g/mol. The minimum Gasteiger partial charge on any atom is -0.454 e. The summed E-state index contributed by atoms with van der Waals surface area (Å²) in [5.74, 6) is 1.72. The van der Waals surface area contributed by atoms with E-state index in [9.17, 15) is 0 Å². The van der Waals surface area contributed by atoms with Crippen molar-refractivity contribution in [2.24, 2.45) is 0 Å². The number of rotatable bonds is 5. The largest absolute Gasteiger partial charge is 0.454 e. The van der Waals surface area contributed by atoms with Gasteiger partial charge in [0.15, 0.2) is 11.5 Å². The van der Waals surface area contributed by atoms with E-state index in [-0.39, 0.29) is 0 Å². The smallest absolute Gasteiger partial charge is 0.231 e. The van der Waals surface area contributed by atoms with Crippen LogP contribution in [0.2, 0.25) is 0 Å². The molecule has 4 nitrogen and oxygen atoms in total. The molecule has 19 heavy (non-hydrogen) atoms. The third-order valence-electron chi connectivity index (χ3n) is 3.46. The summed E-state index contributed by atoms with van der Waals surface area (Å²) in [4.78, 5) is 2.24. The highest BCUT2D eigenvalue weighted by Crippen LogP contribution is 2.37. The fraction of sp³-hybridized carbons (Fsp3) is 0.600. The molecule has 1 aromatic rings. The Bertz CT molecular complexity index is 444. The third-order valence-corrected chi connectivity index (χ3v) is 3.46. The fourth-order valence-electron chi connectivity index (χ4n) is 2.34. The Kier molecular flexibility index (Phi) is 4.32. The second-order valence-corrected chi connectivity index (χ2v) is 5.60. The van der Waals surface area contributed by atoms with Crippen LogP contribution in [0.25, 0.3) is 0 Å². The molecular formula is C15H24N2O2. The maximum atomic E-state index is 5.49. The van der Waals surface area contributed by atoms with Crippen molar-refractivity contribution in [2.75, 3.05) is 27.4 Å². The standard InChI is InChI=1S/C15H24N2O2/c1-10(2)16-8-13(17(4)5)12-7-15-14(6-11(12)3)18-9-19-15/h6-7,10,13,16H,8-9H2,1-5H3. The summed E-state index contributed by atoms with van der Waals surface area (Å²) in [6, 6.07) is 5.00. The van der Waals surface area contributed by atoms with Crippen molar-refractivity contribution < 1.29 is 9.47 Å². The molecule has 106 valence electrons. The minimum absolute atomic E-state index is 0.328. The van der Waals surface area contributed by atoms with Gasteiger partial charge in [-0.15, -0.1) is 0 Å². The zero-order valence-corrected chi connectivity index (χ0v) is 12.5. The van der Waals surface area contributed by atoms with Crippen molar-refractivity contribution in [3.05, 3.63) is 23.3 Å². The molecule has 0 bridgehead atoms. The minimum atomic E-state index is 0.328. The highest BCUT2D eigenvalue weighted by atomic mass is 16.7. The van der Waals surface area contributed by atoms with Gasteiger partial charge < -0.3 is 19.7 Å². The van der Waals surface area contributed by atoms with Crippen LogP contribution in [0.3, 0.4) is 0 Å². The van der Waals surface area contributed by atoms with Gasteiger partial charge in [0, 0.05) is 18.6 Å². The fourth-order valence-corrected chi connectivity index (χ4v) is 2.34. The molecule has 1 N–H and O–H groups in total. The molecule has 4 heteroatoms. The van der Waals surface area contributed by atoms with Gasteiger partial charge in [-0.1, -0.05) is 13.8 Å². The summed E-state index contributed by atoms with van der Waals surface area (Å²) in [6.45, 7) is 7.71. The normalized spacial score (nSPS) is 15.3. The first-order valence-corrected chi connectivity index (χ1v) is 6.79. The molecule has 1 aromatic carbocycles. The number of hydrogen-bond acceptors (Lipinski definition) is 4. The molecule has 0 fully saturated rings. The molecule has 0 saturated carbocycles. The third kappa shape index (κ3) is 3.19. The van der Waals surface area contributed by atoms with Gasteiger partial charge in [-0.3, -0.25) is 0 Å². The zero-order valence-electron chi connectivity index (χ0n) is 12.5. The van der Waals surface area contributed by atoms with Gasteiger partial charge in [0.25, 0.3) is 0 Å². The molecule has 0 aliphatic carbocycles. The van der Waals surface area contributed by atoms with Crippen LogP contribution < -0.4 is 14.8 Å². The maximum Gasteiger partial charge on any atom is 0.231 e. The van der Waals surface area contributed by atoms with Crippen LogP contribution in [-0.2, 0) is 0 Å². The lowest BCUT2D eigenvalue weighted by Crippen LogP contribution is -2.34. The van der Waals surface area contributed by atoms with Crippen molar-refractivity contribution in [1.82, 2.24) is 10.2 Å². The van der Waals surface area contributed by atoms with E-state index in [1.807, 2.05) is 0 Å². The number of likely N-dealkylation sites (N-methyl/N-ethyl adjacent to an activating group) is 1. The van der Waals surface area contributed by atoms with Crippen LogP contribution in [0.15, 0.2) is 12.1 Å². The predicted molar refractivity (Wildman–Crippen MR) is 76.9 cm³/mol. The maximum absolute atomic E-state index is 5.49. The van der Waals surface area contributed by atoms with Crippen LogP contribution in [0.1, 0.15) is 31.0 Å². The first-order chi connectivity index (χ1) is 8.99. The van der Waals surface area contributed by atoms with Crippen LogP contribution in [0, 0.1) is 6.92 Å². The van der Waals surface area contributed by atoms with Gasteiger partial charge in [-0.25, -0.2) is 0 Å². The van der Waals surface area contributed by atoms with Gasteiger partial charge in [-0.05, 0) is 44.3 Å². The summed E-state index contributed by atoms with van der Waals surface area (Å²) in [5, 5.41) is 3.51. The monoisotopic (exact) mass is 264 g/mol. The number of benzene rings is 1. The van der Waals surface area contributed by atoms with Gasteiger partial charge >= 0.3 is 0 Å². The Balaban J connectivity index is 2.26. The number of hydrogen-bond donors (Lipinski definition) is 1. The van der Waals surface area contributed by atoms with E-state index in [2.05, 4.69) is 57.2 Å². The van der Waals surface area contributed by atoms with Crippen molar-refractivity contribution >= 4 is 0 Å². The van der Waals surface area contributed by atoms with Crippen LogP contribution in [0.5, 0.6) is 11.5 Å². The van der Waals surface area contributed by atoms with E-state index in [1.165, 1.54) is 11.1 Å². The number of nitrogens with zero attached hydrogens (tertiary/aromatic N) is 1. The van der Waals surface area contributed by atoms with Crippen LogP contribution >= 0.6 is 0 Å². The van der Waals surface area contributed by atoms with Gasteiger partial charge in [-0.2, -0.15) is 0 Å². The van der Waals surface area contributed by atoms with E-state index in [0.29, 0.717) is 18.9 Å². The van der Waals surface area contributed by atoms with Gasteiger partial charge in [0.2, 0.25) is 6.79 Å². The van der Waals surface area contributed by atoms with E-state index in [0.717, 1.165) is 18.0 Å². The Morgan fingerprint density at radius 1 is 1.21 bits per heavy atom. The summed E-state index contributed by atoms with van der Waals surface area (Å²) in [6.07, 6.45) is 0. The molecule has 1 atom stereocenters. The number of fused-ring (bicyclic) bond motifs is 1. The average Bonchev–Trinajstić information content (AvgIpc) is 2.75. The zero-order chi connectivity index (χ0) is 14.0. The molecule has 0 amide bonds. The Labute approximate surface area is 115 Å². The summed E-state index contributed by atoms with van der Waals surface area (Å²) in [5.41, 5.74) is 2.54. The van der Waals surface area contributed by atoms with E-state index >= 15 is 0 Å². The van der Waals surface area contributed by atoms with Gasteiger partial charge in [0.1, 0.15) is 0 Å². The Hall–Kier alpha value is -1.26. The average molecular weight is 264 g/mol. The molecule has 0 aromatic heterocycles. The van der Waals surface area contributed by atoms with Gasteiger partial charge in [0.05, 0.1) is 0 Å². The van der Waals surface area contributed by atoms with Crippen molar-refractivity contribution in [1.29, 1.82) is 0 Å². The molecule has 1 aliphatic heterocycles. The van der Waals surface area contributed by atoms with Crippen molar-refractivity contribution in [3.8, 4) is 11.5 Å². The lowest BCUT2D eigenvalue weighted by atomic mass is 9.99.